The summed E-state index contributed by atoms with van der Waals surface area (Å²) in [7, 11) is -2.44. The lowest BCUT2D eigenvalue weighted by Gasteiger charge is -2.29. The van der Waals surface area contributed by atoms with E-state index in [0.29, 0.717) is 42.2 Å². The van der Waals surface area contributed by atoms with Gasteiger partial charge in [-0.15, -0.1) is 0 Å². The lowest BCUT2D eigenvalue weighted by molar-refractivity contribution is -0.138. The number of aromatic nitrogens is 3. The topological polar surface area (TPSA) is 161 Å². The predicted molar refractivity (Wildman–Crippen MR) is 150 cm³/mol. The number of fused-ring (bicyclic) bond motifs is 1. The van der Waals surface area contributed by atoms with Crippen molar-refractivity contribution in [1.29, 1.82) is 0 Å². The van der Waals surface area contributed by atoms with Crippen LogP contribution in [0, 0.1) is 26.7 Å². The molecule has 12 nitrogen and oxygen atoms in total. The van der Waals surface area contributed by atoms with Crippen molar-refractivity contribution in [1.82, 2.24) is 29.9 Å². The van der Waals surface area contributed by atoms with Crippen molar-refractivity contribution in [3.8, 4) is 0 Å². The second-order valence-electron chi connectivity index (χ2n) is 11.0. The molecule has 0 spiro atoms. The smallest absolute Gasteiger partial charge is 0.253 e. The molecule has 0 saturated carbocycles. The molecule has 0 saturated heterocycles. The minimum absolute atomic E-state index is 0.0924. The van der Waals surface area contributed by atoms with Crippen molar-refractivity contribution in [2.24, 2.45) is 11.1 Å². The number of amides is 3. The van der Waals surface area contributed by atoms with E-state index in [-0.39, 0.29) is 53.6 Å². The predicted octanol–water partition coefficient (Wildman–Crippen LogP) is 1.84. The first kappa shape index (κ1) is 31.2. The minimum atomic E-state index is -4.04. The van der Waals surface area contributed by atoms with E-state index < -0.39 is 22.1 Å². The molecule has 13 heteroatoms. The molecule has 220 valence electrons. The molecule has 3 rings (SSSR count). The number of aryl methyl sites for hydroxylation is 2. The van der Waals surface area contributed by atoms with Gasteiger partial charge in [0.1, 0.15) is 17.7 Å². The molecule has 0 bridgehead atoms. The number of likely N-dealkylation sites (N-methyl/N-ethyl adjacent to an activating group) is 1. The van der Waals surface area contributed by atoms with Gasteiger partial charge in [0.25, 0.3) is 5.91 Å². The molecule has 40 heavy (non-hydrogen) atoms. The van der Waals surface area contributed by atoms with E-state index >= 15 is 0 Å². The van der Waals surface area contributed by atoms with Gasteiger partial charge in [0.05, 0.1) is 17.5 Å². The van der Waals surface area contributed by atoms with Gasteiger partial charge in [-0.25, -0.2) is 23.2 Å². The van der Waals surface area contributed by atoms with Crippen LogP contribution in [0.4, 0.5) is 0 Å². The van der Waals surface area contributed by atoms with Gasteiger partial charge in [-0.1, -0.05) is 13.8 Å². The second kappa shape index (κ2) is 12.5. The highest BCUT2D eigenvalue weighted by Gasteiger charge is 2.29. The van der Waals surface area contributed by atoms with Gasteiger partial charge in [0.15, 0.2) is 0 Å². The van der Waals surface area contributed by atoms with E-state index in [4.69, 9.17) is 5.14 Å². The SMILES string of the molecule is Cc1nc2n(n1)CCN(C(=O)c1cc(C)c(C)c(S(N)(=O)=O)c1)CCCC(=O)N(C)[C@@H](C)C(=O)N[C@@H]2CC(C)C. The van der Waals surface area contributed by atoms with Gasteiger partial charge >= 0.3 is 0 Å². The summed E-state index contributed by atoms with van der Waals surface area (Å²) in [5.41, 5.74) is 1.32. The summed E-state index contributed by atoms with van der Waals surface area (Å²) in [6.45, 7) is 11.7. The van der Waals surface area contributed by atoms with Crippen LogP contribution in [0.1, 0.15) is 79.2 Å². The number of hydrogen-bond donors (Lipinski definition) is 2. The van der Waals surface area contributed by atoms with E-state index in [1.807, 2.05) is 13.8 Å². The number of carbonyl (C=O) groups excluding carboxylic acids is 3. The average Bonchev–Trinajstić information content (AvgIpc) is 3.24. The van der Waals surface area contributed by atoms with Crippen molar-refractivity contribution in [3.05, 3.63) is 40.5 Å². The number of nitrogens with two attached hydrogens (primary N) is 1. The molecular formula is C27H41N7O5S. The van der Waals surface area contributed by atoms with Crippen molar-refractivity contribution in [2.45, 2.75) is 84.3 Å². The Kier molecular flexibility index (Phi) is 9.72. The molecule has 1 aliphatic heterocycles. The quantitative estimate of drug-likeness (QED) is 0.562. The molecule has 2 atom stereocenters. The van der Waals surface area contributed by atoms with Gasteiger partial charge in [-0.2, -0.15) is 5.10 Å². The number of rotatable bonds is 4. The third kappa shape index (κ3) is 7.25. The van der Waals surface area contributed by atoms with E-state index in [9.17, 15) is 22.8 Å². The summed E-state index contributed by atoms with van der Waals surface area (Å²) in [6.07, 6.45) is 1.10. The van der Waals surface area contributed by atoms with Crippen LogP contribution >= 0.6 is 0 Å². The zero-order valence-corrected chi connectivity index (χ0v) is 25.2. The Hall–Kier alpha value is -3.32. The lowest BCUT2D eigenvalue weighted by atomic mass is 10.0. The van der Waals surface area contributed by atoms with Crippen LogP contribution in [-0.4, -0.2) is 76.9 Å². The van der Waals surface area contributed by atoms with Crippen LogP contribution in [-0.2, 0) is 26.2 Å². The first-order valence-corrected chi connectivity index (χ1v) is 15.1. The van der Waals surface area contributed by atoms with Crippen molar-refractivity contribution in [2.75, 3.05) is 20.1 Å². The van der Waals surface area contributed by atoms with Crippen LogP contribution in [0.3, 0.4) is 0 Å². The fraction of sp³-hybridized carbons (Fsp3) is 0.593. The van der Waals surface area contributed by atoms with Gasteiger partial charge in [0, 0.05) is 32.1 Å². The second-order valence-corrected chi connectivity index (χ2v) is 12.5. The van der Waals surface area contributed by atoms with Gasteiger partial charge < -0.3 is 15.1 Å². The third-order valence-corrected chi connectivity index (χ3v) is 8.39. The van der Waals surface area contributed by atoms with Crippen molar-refractivity contribution < 1.29 is 22.8 Å². The first-order valence-electron chi connectivity index (χ1n) is 13.5. The largest absolute Gasteiger partial charge is 0.344 e. The Bertz CT molecular complexity index is 1390. The van der Waals surface area contributed by atoms with Crippen LogP contribution in [0.15, 0.2) is 17.0 Å². The van der Waals surface area contributed by atoms with Gasteiger partial charge in [-0.05, 0) is 69.7 Å². The normalized spacial score (nSPS) is 19.8. The molecule has 1 aromatic heterocycles. The molecule has 2 heterocycles. The Morgan fingerprint density at radius 1 is 1.15 bits per heavy atom. The Labute approximate surface area is 236 Å². The molecule has 3 amide bonds. The Morgan fingerprint density at radius 3 is 2.45 bits per heavy atom. The van der Waals surface area contributed by atoms with E-state index in [0.717, 1.165) is 0 Å². The standard InChI is InChI=1S/C27H41N7O5S/c1-16(2)13-22-25-29-20(6)31-34(25)12-11-33(10-8-9-24(35)32(7)19(5)26(36)30-22)27(37)21-14-17(3)18(4)23(15-21)40(28,38)39/h14-16,19,22H,8-13H2,1-7H3,(H,30,36)(H2,28,38,39)/t19-,22+/m0/s1. The summed E-state index contributed by atoms with van der Waals surface area (Å²) in [5.74, 6) is 0.484. The molecule has 0 aliphatic carbocycles. The van der Waals surface area contributed by atoms with Crippen LogP contribution < -0.4 is 10.5 Å². The molecule has 0 radical (unpaired) electrons. The molecular weight excluding hydrogens is 534 g/mol. The molecule has 1 aliphatic rings. The van der Waals surface area contributed by atoms with Gasteiger partial charge in [-0.3, -0.25) is 14.4 Å². The zero-order chi connectivity index (χ0) is 29.9. The molecule has 0 fully saturated rings. The maximum Gasteiger partial charge on any atom is 0.253 e. The highest BCUT2D eigenvalue weighted by atomic mass is 32.2. The fourth-order valence-electron chi connectivity index (χ4n) is 4.83. The lowest BCUT2D eigenvalue weighted by Crippen LogP contribution is -2.47. The first-order chi connectivity index (χ1) is 18.6. The van der Waals surface area contributed by atoms with Crippen LogP contribution in [0.25, 0.3) is 0 Å². The van der Waals surface area contributed by atoms with Crippen LogP contribution in [0.2, 0.25) is 0 Å². The van der Waals surface area contributed by atoms with Crippen molar-refractivity contribution in [3.63, 3.8) is 0 Å². The van der Waals surface area contributed by atoms with Gasteiger partial charge in [0.2, 0.25) is 21.8 Å². The maximum atomic E-state index is 13.7. The Morgan fingerprint density at radius 2 is 1.82 bits per heavy atom. The highest BCUT2D eigenvalue weighted by molar-refractivity contribution is 7.89. The maximum absolute atomic E-state index is 13.7. The number of primary sulfonamides is 1. The zero-order valence-electron chi connectivity index (χ0n) is 24.4. The number of sulfonamides is 1. The summed E-state index contributed by atoms with van der Waals surface area (Å²) in [4.78, 5) is 47.3. The summed E-state index contributed by atoms with van der Waals surface area (Å²) >= 11 is 0. The number of carbonyl (C=O) groups is 3. The molecule has 2 aromatic rings. The monoisotopic (exact) mass is 575 g/mol. The van der Waals surface area contributed by atoms with E-state index in [2.05, 4.69) is 15.4 Å². The van der Waals surface area contributed by atoms with E-state index in [1.165, 1.54) is 11.0 Å². The Balaban J connectivity index is 2.03. The molecule has 3 N–H and O–H groups in total. The highest BCUT2D eigenvalue weighted by Crippen LogP contribution is 2.23. The summed E-state index contributed by atoms with van der Waals surface area (Å²) in [6, 6.07) is 1.82. The van der Waals surface area contributed by atoms with E-state index in [1.54, 1.807) is 50.4 Å². The summed E-state index contributed by atoms with van der Waals surface area (Å²) < 4.78 is 26.1. The molecule has 1 aromatic carbocycles. The molecule has 0 unspecified atom stereocenters. The third-order valence-electron chi connectivity index (χ3n) is 7.36. The minimum Gasteiger partial charge on any atom is -0.344 e. The fourth-order valence-corrected chi connectivity index (χ4v) is 5.71. The van der Waals surface area contributed by atoms with Crippen LogP contribution in [0.5, 0.6) is 0 Å². The average molecular weight is 576 g/mol. The summed E-state index contributed by atoms with van der Waals surface area (Å²) in [5, 5.41) is 13.0. The number of benzene rings is 1. The number of nitrogens with zero attached hydrogens (tertiary/aromatic N) is 5. The van der Waals surface area contributed by atoms with Crippen molar-refractivity contribution >= 4 is 27.7 Å². The number of hydrogen-bond acceptors (Lipinski definition) is 7. The number of nitrogens with one attached hydrogen (secondary N) is 1.